The Hall–Kier alpha value is -10.7. The van der Waals surface area contributed by atoms with E-state index in [2.05, 4.69) is 397 Å². The molecular formula is C97H92N4. The van der Waals surface area contributed by atoms with Crippen molar-refractivity contribution >= 4 is 88.5 Å². The lowest BCUT2D eigenvalue weighted by Crippen LogP contribution is -2.24. The molecule has 0 spiro atoms. The maximum atomic E-state index is 2.50. The van der Waals surface area contributed by atoms with Crippen LogP contribution in [0.1, 0.15) is 141 Å². The number of rotatable bonds is 10. The predicted molar refractivity (Wildman–Crippen MR) is 435 cm³/mol. The second kappa shape index (κ2) is 23.7. The summed E-state index contributed by atoms with van der Waals surface area (Å²) < 4.78 is 4.98. The van der Waals surface area contributed by atoms with Crippen molar-refractivity contribution in [3.63, 3.8) is 0 Å². The fourth-order valence-electron chi connectivity index (χ4n) is 16.0. The molecule has 1 aliphatic carbocycles. The van der Waals surface area contributed by atoms with E-state index in [1.807, 2.05) is 0 Å². The van der Waals surface area contributed by atoms with Crippen LogP contribution in [0.5, 0.6) is 0 Å². The van der Waals surface area contributed by atoms with Crippen LogP contribution in [-0.4, -0.2) is 9.13 Å². The minimum absolute atomic E-state index is 0.00281. The Morgan fingerprint density at radius 2 is 0.653 bits per heavy atom. The molecule has 0 amide bonds. The number of benzene rings is 13. The molecule has 0 saturated heterocycles. The van der Waals surface area contributed by atoms with Gasteiger partial charge < -0.3 is 18.9 Å². The molecule has 2 heterocycles. The predicted octanol–water partition coefficient (Wildman–Crippen LogP) is 27.4. The summed E-state index contributed by atoms with van der Waals surface area (Å²) >= 11 is 0. The Kier molecular flexibility index (Phi) is 15.3. The summed E-state index contributed by atoms with van der Waals surface area (Å²) in [5, 5.41) is 7.61. The van der Waals surface area contributed by atoms with Gasteiger partial charge in [0.15, 0.2) is 0 Å². The van der Waals surface area contributed by atoms with Crippen molar-refractivity contribution in [3.8, 4) is 44.8 Å². The zero-order valence-corrected chi connectivity index (χ0v) is 61.7. The molecule has 0 fully saturated rings. The number of hydrogen-bond donors (Lipinski definition) is 0. The largest absolute Gasteiger partial charge is 0.310 e. The van der Waals surface area contributed by atoms with Crippen molar-refractivity contribution in [1.82, 2.24) is 9.13 Å². The molecule has 4 nitrogen and oxygen atoms in total. The smallest absolute Gasteiger partial charge is 0.0541 e. The van der Waals surface area contributed by atoms with E-state index in [1.165, 1.54) is 132 Å². The molecule has 1 aliphatic rings. The molecule has 0 saturated carbocycles. The van der Waals surface area contributed by atoms with Crippen molar-refractivity contribution in [2.45, 2.75) is 138 Å². The Balaban J connectivity index is 0.856. The van der Waals surface area contributed by atoms with Crippen molar-refractivity contribution in [2.24, 2.45) is 0 Å². The highest BCUT2D eigenvalue weighted by molar-refractivity contribution is 6.13. The summed E-state index contributed by atoms with van der Waals surface area (Å²) in [6.45, 7) is 37.0. The first-order valence-electron chi connectivity index (χ1n) is 36.2. The van der Waals surface area contributed by atoms with Crippen LogP contribution in [-0.2, 0) is 27.1 Å². The second-order valence-electron chi connectivity index (χ2n) is 33.4. The third kappa shape index (κ3) is 11.3. The molecule has 13 aromatic carbocycles. The van der Waals surface area contributed by atoms with Crippen LogP contribution in [0.15, 0.2) is 267 Å². The molecule has 0 atom stereocenters. The number of hydrogen-bond acceptors (Lipinski definition) is 2. The highest BCUT2D eigenvalue weighted by atomic mass is 15.2. The molecule has 0 aliphatic heterocycles. The fraction of sp³-hybridized carbons (Fsp3) is 0.216. The van der Waals surface area contributed by atoms with Crippen LogP contribution in [0.4, 0.5) is 34.1 Å². The van der Waals surface area contributed by atoms with Gasteiger partial charge in [-0.25, -0.2) is 0 Å². The zero-order chi connectivity index (χ0) is 70.4. The van der Waals surface area contributed by atoms with E-state index >= 15 is 0 Å². The van der Waals surface area contributed by atoms with E-state index in [9.17, 15) is 0 Å². The van der Waals surface area contributed by atoms with Gasteiger partial charge in [0.2, 0.25) is 0 Å². The lowest BCUT2D eigenvalue weighted by molar-refractivity contribution is 0.590. The first-order chi connectivity index (χ1) is 48.1. The summed E-state index contributed by atoms with van der Waals surface area (Å²) in [7, 11) is 0. The number of anilines is 6. The van der Waals surface area contributed by atoms with Gasteiger partial charge in [-0.1, -0.05) is 248 Å². The average molecular weight is 1310 g/mol. The molecule has 16 rings (SSSR count). The van der Waals surface area contributed by atoms with E-state index in [0.717, 1.165) is 45.5 Å². The van der Waals surface area contributed by atoms with Gasteiger partial charge in [-0.2, -0.15) is 0 Å². The average Bonchev–Trinajstić information content (AvgIpc) is 1.45. The van der Waals surface area contributed by atoms with E-state index in [4.69, 9.17) is 0 Å². The minimum atomic E-state index is -0.406. The summed E-state index contributed by atoms with van der Waals surface area (Å²) in [4.78, 5) is 4.98. The summed E-state index contributed by atoms with van der Waals surface area (Å²) in [6, 6.07) is 102. The topological polar surface area (TPSA) is 16.3 Å². The number of fused-ring (bicyclic) bond motifs is 8. The van der Waals surface area contributed by atoms with E-state index in [-0.39, 0.29) is 21.7 Å². The molecule has 4 heteroatoms. The van der Waals surface area contributed by atoms with Gasteiger partial charge in [-0.05, 0) is 235 Å². The number of aromatic nitrogens is 2. The van der Waals surface area contributed by atoms with Crippen LogP contribution in [0.25, 0.3) is 99.1 Å². The minimum Gasteiger partial charge on any atom is -0.310 e. The van der Waals surface area contributed by atoms with Crippen LogP contribution in [0, 0.1) is 13.8 Å². The quantitative estimate of drug-likeness (QED) is 0.136. The first-order valence-corrected chi connectivity index (χ1v) is 36.2. The SMILES string of the molecule is Cc1cccc(-c2ccc(N(c3cccc(-n4c5ccc(C(C)(C)C)cc5c5cc(C(C)(C)C)ccc54)c3)c3ccc4c(c3)C(C)(C)c3cccc5c(N(c6ccc(-c7cccc(C)c7)cc6)c6cccc(-n7c8ccc(C(C)(C)C)cc8c8cc(C(C)(C)C)ccc87)c6)ccc-4c35)cc2)c1. The van der Waals surface area contributed by atoms with Gasteiger partial charge in [0.25, 0.3) is 0 Å². The molecule has 15 aromatic rings. The maximum Gasteiger partial charge on any atom is 0.0541 e. The Morgan fingerprint density at radius 1 is 0.277 bits per heavy atom. The normalized spacial score (nSPS) is 13.2. The van der Waals surface area contributed by atoms with E-state index in [1.54, 1.807) is 0 Å². The third-order valence-corrected chi connectivity index (χ3v) is 21.8. The van der Waals surface area contributed by atoms with E-state index < -0.39 is 5.41 Å². The van der Waals surface area contributed by atoms with Crippen LogP contribution in [0.2, 0.25) is 0 Å². The Bertz CT molecular complexity index is 5660. The fourth-order valence-corrected chi connectivity index (χ4v) is 16.0. The van der Waals surface area contributed by atoms with Crippen molar-refractivity contribution < 1.29 is 0 Å². The lowest BCUT2D eigenvalue weighted by Gasteiger charge is -2.37. The number of nitrogens with zero attached hydrogens (tertiary/aromatic N) is 4. The molecule has 0 bridgehead atoms. The van der Waals surface area contributed by atoms with Gasteiger partial charge in [0.1, 0.15) is 0 Å². The molecule has 101 heavy (non-hydrogen) atoms. The first kappa shape index (κ1) is 65.0. The van der Waals surface area contributed by atoms with Crippen molar-refractivity contribution in [3.05, 3.63) is 311 Å². The van der Waals surface area contributed by atoms with Gasteiger partial charge in [0.05, 0.1) is 27.8 Å². The second-order valence-corrected chi connectivity index (χ2v) is 33.4. The summed E-state index contributed by atoms with van der Waals surface area (Å²) in [6.07, 6.45) is 0. The molecule has 0 N–H and O–H groups in total. The van der Waals surface area contributed by atoms with Crippen molar-refractivity contribution in [2.75, 3.05) is 9.80 Å². The standard InChI is InChI=1S/C97H92N4/c1-61-22-17-24-65(52-61)63-32-40-71(41-33-63)98(73-26-19-28-75(58-73)100-88-47-36-67(93(3,4)5)54-81(88)82-55-68(94(6,7)8)37-48-89(82)100)77-44-45-78-79-46-51-87(80-30-21-31-85(92(79)80)97(15,16)86(78)60-77)99(72-42-34-64(35-43-72)66-25-18-23-62(2)53-66)74-27-20-29-76(59-74)101-90-49-38-69(95(9,10)11)56-83(90)84-57-70(96(12,13)14)39-50-91(84)101/h17-60H,1-16H3. The monoisotopic (exact) mass is 1310 g/mol. The van der Waals surface area contributed by atoms with Crippen LogP contribution in [0.3, 0.4) is 0 Å². The molecule has 2 aromatic heterocycles. The van der Waals surface area contributed by atoms with Crippen molar-refractivity contribution in [1.29, 1.82) is 0 Å². The van der Waals surface area contributed by atoms with Crippen LogP contribution >= 0.6 is 0 Å². The van der Waals surface area contributed by atoms with Crippen LogP contribution < -0.4 is 9.80 Å². The van der Waals surface area contributed by atoms with Gasteiger partial charge in [-0.3, -0.25) is 0 Å². The Morgan fingerprint density at radius 3 is 1.08 bits per heavy atom. The lowest BCUT2D eigenvalue weighted by atomic mass is 9.68. The van der Waals surface area contributed by atoms with Gasteiger partial charge >= 0.3 is 0 Å². The van der Waals surface area contributed by atoms with Gasteiger partial charge in [0, 0.05) is 72.2 Å². The molecule has 500 valence electrons. The zero-order valence-electron chi connectivity index (χ0n) is 61.7. The third-order valence-electron chi connectivity index (χ3n) is 21.8. The Labute approximate surface area is 597 Å². The molecular weight excluding hydrogens is 1220 g/mol. The highest BCUT2D eigenvalue weighted by Crippen LogP contribution is 2.54. The highest BCUT2D eigenvalue weighted by Gasteiger charge is 2.36. The molecule has 0 radical (unpaired) electrons. The molecule has 0 unspecified atom stereocenters. The van der Waals surface area contributed by atoms with E-state index in [0.29, 0.717) is 0 Å². The maximum absolute atomic E-state index is 2.50. The summed E-state index contributed by atoms with van der Waals surface area (Å²) in [5.74, 6) is 0. The summed E-state index contributed by atoms with van der Waals surface area (Å²) in [5.41, 5.74) is 30.9. The van der Waals surface area contributed by atoms with Gasteiger partial charge in [-0.15, -0.1) is 0 Å². The number of aryl methyl sites for hydroxylation is 2.